The predicted octanol–water partition coefficient (Wildman–Crippen LogP) is -0.363. The van der Waals surface area contributed by atoms with Crippen LogP contribution in [0.25, 0.3) is 0 Å². The number of amides is 1. The average Bonchev–Trinajstić information content (AvgIpc) is 3.25. The Morgan fingerprint density at radius 1 is 1.22 bits per heavy atom. The van der Waals surface area contributed by atoms with Crippen LogP contribution in [0.5, 0.6) is 0 Å². The Hall–Kier alpha value is -1.34. The lowest BCUT2D eigenvalue weighted by molar-refractivity contribution is -0.119. The van der Waals surface area contributed by atoms with Crippen molar-refractivity contribution in [1.29, 1.82) is 0 Å². The van der Waals surface area contributed by atoms with E-state index < -0.39 is 0 Å². The number of carbonyl (C=O) groups excluding carboxylic acids is 1. The molecule has 0 aromatic heterocycles. The van der Waals surface area contributed by atoms with Crippen molar-refractivity contribution >= 4 is 11.9 Å². The molecular formula is C16H29N5O2. The zero-order chi connectivity index (χ0) is 16.1. The van der Waals surface area contributed by atoms with Crippen LogP contribution in [-0.2, 0) is 9.53 Å². The minimum atomic E-state index is 0.0341. The summed E-state index contributed by atoms with van der Waals surface area (Å²) in [6.07, 6.45) is 3.38. The summed E-state index contributed by atoms with van der Waals surface area (Å²) in [5.41, 5.74) is 0. The number of hydrogen-bond acceptors (Lipinski definition) is 4. The highest BCUT2D eigenvalue weighted by molar-refractivity contribution is 5.85. The molecule has 7 nitrogen and oxygen atoms in total. The topological polar surface area (TPSA) is 69.2 Å². The standard InChI is InChI=1S/C16H29N5O2/c1-2-17-16(18-11-15(22)19-13-3-4-13)21-6-5-14(12-21)20-7-9-23-10-8-20/h13-14H,2-12H2,1H3,(H,17,18)(H,19,22). The number of carbonyl (C=O) groups is 1. The SMILES string of the molecule is CCNC(=NCC(=O)NC1CC1)N1CCC(N2CCOCC2)C1. The van der Waals surface area contributed by atoms with E-state index in [1.165, 1.54) is 0 Å². The molecule has 1 atom stereocenters. The van der Waals surface area contributed by atoms with Crippen molar-refractivity contribution in [3.05, 3.63) is 0 Å². The van der Waals surface area contributed by atoms with Crippen LogP contribution in [0, 0.1) is 0 Å². The lowest BCUT2D eigenvalue weighted by Gasteiger charge is -2.32. The molecule has 23 heavy (non-hydrogen) atoms. The van der Waals surface area contributed by atoms with E-state index in [-0.39, 0.29) is 12.5 Å². The molecule has 1 unspecified atom stereocenters. The summed E-state index contributed by atoms with van der Waals surface area (Å²) >= 11 is 0. The monoisotopic (exact) mass is 323 g/mol. The first-order chi connectivity index (χ1) is 11.3. The third-order valence-electron chi connectivity index (χ3n) is 4.67. The molecule has 7 heteroatoms. The number of ether oxygens (including phenoxy) is 1. The van der Waals surface area contributed by atoms with E-state index in [2.05, 4.69) is 32.3 Å². The number of nitrogens with zero attached hydrogens (tertiary/aromatic N) is 3. The lowest BCUT2D eigenvalue weighted by atomic mass is 10.2. The third kappa shape index (κ3) is 4.81. The van der Waals surface area contributed by atoms with Crippen LogP contribution in [0.1, 0.15) is 26.2 Å². The van der Waals surface area contributed by atoms with Gasteiger partial charge in [0.05, 0.1) is 13.2 Å². The van der Waals surface area contributed by atoms with E-state index >= 15 is 0 Å². The molecule has 2 heterocycles. The van der Waals surface area contributed by atoms with E-state index in [0.717, 1.165) is 71.2 Å². The molecule has 130 valence electrons. The van der Waals surface area contributed by atoms with Gasteiger partial charge in [0.15, 0.2) is 5.96 Å². The Balaban J connectivity index is 1.51. The van der Waals surface area contributed by atoms with Gasteiger partial charge in [-0.3, -0.25) is 9.69 Å². The summed E-state index contributed by atoms with van der Waals surface area (Å²) in [5.74, 6) is 0.904. The largest absolute Gasteiger partial charge is 0.379 e. The van der Waals surface area contributed by atoms with E-state index in [4.69, 9.17) is 4.74 Å². The van der Waals surface area contributed by atoms with E-state index in [1.54, 1.807) is 0 Å². The summed E-state index contributed by atoms with van der Waals surface area (Å²) in [6.45, 7) is 8.81. The van der Waals surface area contributed by atoms with Crippen LogP contribution in [0.4, 0.5) is 0 Å². The zero-order valence-corrected chi connectivity index (χ0v) is 14.1. The van der Waals surface area contributed by atoms with Crippen molar-refractivity contribution in [2.24, 2.45) is 4.99 Å². The normalized spacial score (nSPS) is 26.4. The molecule has 1 saturated carbocycles. The average molecular weight is 323 g/mol. The molecule has 0 aromatic carbocycles. The second-order valence-corrected chi connectivity index (χ2v) is 6.55. The van der Waals surface area contributed by atoms with Gasteiger partial charge in [0.1, 0.15) is 6.54 Å². The van der Waals surface area contributed by atoms with Crippen molar-refractivity contribution in [2.75, 3.05) is 52.5 Å². The van der Waals surface area contributed by atoms with Crippen LogP contribution in [0.2, 0.25) is 0 Å². The number of morpholine rings is 1. The fourth-order valence-corrected chi connectivity index (χ4v) is 3.25. The Bertz CT molecular complexity index is 432. The molecule has 3 rings (SSSR count). The molecule has 1 aliphatic carbocycles. The number of hydrogen-bond donors (Lipinski definition) is 2. The van der Waals surface area contributed by atoms with E-state index in [1.807, 2.05) is 0 Å². The molecule has 3 fully saturated rings. The molecule has 2 saturated heterocycles. The first-order valence-corrected chi connectivity index (χ1v) is 8.90. The van der Waals surface area contributed by atoms with Crippen LogP contribution in [-0.4, -0.2) is 86.2 Å². The van der Waals surface area contributed by atoms with Crippen LogP contribution < -0.4 is 10.6 Å². The third-order valence-corrected chi connectivity index (χ3v) is 4.67. The van der Waals surface area contributed by atoms with Crippen LogP contribution >= 0.6 is 0 Å². The molecular weight excluding hydrogens is 294 g/mol. The second-order valence-electron chi connectivity index (χ2n) is 6.55. The molecule has 2 N–H and O–H groups in total. The van der Waals surface area contributed by atoms with E-state index in [0.29, 0.717) is 12.1 Å². The quantitative estimate of drug-likeness (QED) is 0.534. The number of aliphatic imine (C=N–C) groups is 1. The number of nitrogens with one attached hydrogen (secondary N) is 2. The predicted molar refractivity (Wildman–Crippen MR) is 89.5 cm³/mol. The van der Waals surface area contributed by atoms with Crippen LogP contribution in [0.3, 0.4) is 0 Å². The maximum absolute atomic E-state index is 11.8. The molecule has 0 aromatic rings. The maximum Gasteiger partial charge on any atom is 0.242 e. The Kier molecular flexibility index (Phi) is 5.72. The first kappa shape index (κ1) is 16.5. The first-order valence-electron chi connectivity index (χ1n) is 8.90. The lowest BCUT2D eigenvalue weighted by Crippen LogP contribution is -2.47. The highest BCUT2D eigenvalue weighted by atomic mass is 16.5. The molecule has 2 aliphatic heterocycles. The highest BCUT2D eigenvalue weighted by Crippen LogP contribution is 2.18. The van der Waals surface area contributed by atoms with Crippen molar-refractivity contribution < 1.29 is 9.53 Å². The van der Waals surface area contributed by atoms with Gasteiger partial charge in [0.25, 0.3) is 0 Å². The molecule has 0 bridgehead atoms. The smallest absolute Gasteiger partial charge is 0.242 e. The fourth-order valence-electron chi connectivity index (χ4n) is 3.25. The number of rotatable bonds is 5. The van der Waals surface area contributed by atoms with Gasteiger partial charge < -0.3 is 20.3 Å². The van der Waals surface area contributed by atoms with Gasteiger partial charge in [-0.2, -0.15) is 0 Å². The Labute approximate surface area is 138 Å². The summed E-state index contributed by atoms with van der Waals surface area (Å²) in [5, 5.41) is 6.31. The van der Waals surface area contributed by atoms with Crippen molar-refractivity contribution in [1.82, 2.24) is 20.4 Å². The number of guanidine groups is 1. The van der Waals surface area contributed by atoms with Gasteiger partial charge in [-0.25, -0.2) is 4.99 Å². The molecule has 0 radical (unpaired) electrons. The van der Waals surface area contributed by atoms with Gasteiger partial charge >= 0.3 is 0 Å². The summed E-state index contributed by atoms with van der Waals surface area (Å²) in [4.78, 5) is 21.2. The van der Waals surface area contributed by atoms with Gasteiger partial charge in [-0.1, -0.05) is 0 Å². The minimum Gasteiger partial charge on any atom is -0.379 e. The van der Waals surface area contributed by atoms with E-state index in [9.17, 15) is 4.79 Å². The van der Waals surface area contributed by atoms with Crippen molar-refractivity contribution in [3.8, 4) is 0 Å². The highest BCUT2D eigenvalue weighted by Gasteiger charge is 2.30. The summed E-state index contributed by atoms with van der Waals surface area (Å²) in [6, 6.07) is 0.973. The minimum absolute atomic E-state index is 0.0341. The zero-order valence-electron chi connectivity index (χ0n) is 14.1. The van der Waals surface area contributed by atoms with Gasteiger partial charge in [0, 0.05) is 44.8 Å². The maximum atomic E-state index is 11.8. The van der Waals surface area contributed by atoms with Gasteiger partial charge in [-0.15, -0.1) is 0 Å². The summed E-state index contributed by atoms with van der Waals surface area (Å²) < 4.78 is 5.44. The molecule has 3 aliphatic rings. The van der Waals surface area contributed by atoms with Gasteiger partial charge in [0.2, 0.25) is 5.91 Å². The Morgan fingerprint density at radius 3 is 2.70 bits per heavy atom. The van der Waals surface area contributed by atoms with Gasteiger partial charge in [-0.05, 0) is 26.2 Å². The fraction of sp³-hybridized carbons (Fsp3) is 0.875. The molecule has 0 spiro atoms. The van der Waals surface area contributed by atoms with Crippen molar-refractivity contribution in [3.63, 3.8) is 0 Å². The summed E-state index contributed by atoms with van der Waals surface area (Å²) in [7, 11) is 0. The van der Waals surface area contributed by atoms with Crippen LogP contribution in [0.15, 0.2) is 4.99 Å². The second kappa shape index (κ2) is 7.97. The molecule has 1 amide bonds. The number of likely N-dealkylation sites (tertiary alicyclic amines) is 1. The Morgan fingerprint density at radius 2 is 2.00 bits per heavy atom. The van der Waals surface area contributed by atoms with Crippen molar-refractivity contribution in [2.45, 2.75) is 38.3 Å².